The highest BCUT2D eigenvalue weighted by molar-refractivity contribution is 5.49. The molecule has 3 nitrogen and oxygen atoms in total. The van der Waals surface area contributed by atoms with Crippen molar-refractivity contribution in [2.24, 2.45) is 0 Å². The quantitative estimate of drug-likeness (QED) is 0.924. The number of nitrogens with one attached hydrogen (secondary N) is 1. The van der Waals surface area contributed by atoms with E-state index >= 15 is 0 Å². The van der Waals surface area contributed by atoms with Gasteiger partial charge in [0, 0.05) is 6.04 Å². The molecule has 0 spiro atoms. The third-order valence-electron chi connectivity index (χ3n) is 3.76. The van der Waals surface area contributed by atoms with E-state index in [0.29, 0.717) is 12.0 Å². The number of rotatable bonds is 4. The zero-order chi connectivity index (χ0) is 15.5. The van der Waals surface area contributed by atoms with E-state index in [1.807, 2.05) is 0 Å². The minimum Gasteiger partial charge on any atom is -0.497 e. The Bertz CT molecular complexity index is 483. The van der Waals surface area contributed by atoms with Crippen LogP contribution in [0.2, 0.25) is 0 Å². The SMILES string of the molecule is COc1cc(CC2CCCCN2)c(OC)c(C(F)(F)F)c1. The maximum Gasteiger partial charge on any atom is 0.420 e. The zero-order valence-electron chi connectivity index (χ0n) is 12.2. The first-order valence-corrected chi connectivity index (χ1v) is 7.01. The molecule has 1 heterocycles. The lowest BCUT2D eigenvalue weighted by molar-refractivity contribution is -0.138. The third kappa shape index (κ3) is 3.81. The van der Waals surface area contributed by atoms with Crippen LogP contribution in [-0.4, -0.2) is 26.8 Å². The normalized spacial score (nSPS) is 19.4. The Morgan fingerprint density at radius 3 is 2.48 bits per heavy atom. The van der Waals surface area contributed by atoms with Crippen LogP contribution in [0.25, 0.3) is 0 Å². The molecule has 1 aromatic carbocycles. The Hall–Kier alpha value is -1.43. The summed E-state index contributed by atoms with van der Waals surface area (Å²) in [6.07, 6.45) is -0.796. The average Bonchev–Trinajstić information content (AvgIpc) is 2.46. The standard InChI is InChI=1S/C15H20F3NO2/c1-20-12-8-10(7-11-5-3-4-6-19-11)14(21-2)13(9-12)15(16,17)18/h8-9,11,19H,3-7H2,1-2H3. The van der Waals surface area contributed by atoms with E-state index in [-0.39, 0.29) is 17.5 Å². The Morgan fingerprint density at radius 2 is 1.95 bits per heavy atom. The maximum atomic E-state index is 13.2. The van der Waals surface area contributed by atoms with E-state index < -0.39 is 11.7 Å². The van der Waals surface area contributed by atoms with Gasteiger partial charge in [-0.05, 0) is 43.5 Å². The molecule has 1 aliphatic heterocycles. The molecule has 0 bridgehead atoms. The summed E-state index contributed by atoms with van der Waals surface area (Å²) < 4.78 is 49.5. The van der Waals surface area contributed by atoms with Crippen LogP contribution in [-0.2, 0) is 12.6 Å². The van der Waals surface area contributed by atoms with Crippen molar-refractivity contribution in [2.45, 2.75) is 37.9 Å². The number of piperidine rings is 1. The number of ether oxygens (including phenoxy) is 2. The molecule has 0 radical (unpaired) electrons. The molecule has 6 heteroatoms. The fraction of sp³-hybridized carbons (Fsp3) is 0.600. The smallest absolute Gasteiger partial charge is 0.420 e. The van der Waals surface area contributed by atoms with Crippen molar-refractivity contribution >= 4 is 0 Å². The van der Waals surface area contributed by atoms with Gasteiger partial charge in [0.15, 0.2) is 0 Å². The van der Waals surface area contributed by atoms with E-state index in [1.54, 1.807) is 6.07 Å². The third-order valence-corrected chi connectivity index (χ3v) is 3.76. The summed E-state index contributed by atoms with van der Waals surface area (Å²) in [4.78, 5) is 0. The molecule has 0 aliphatic carbocycles. The van der Waals surface area contributed by atoms with Gasteiger partial charge in [-0.25, -0.2) is 0 Å². The van der Waals surface area contributed by atoms with Crippen LogP contribution in [0.5, 0.6) is 11.5 Å². The Kier molecular flexibility index (Phi) is 4.98. The number of hydrogen-bond donors (Lipinski definition) is 1. The van der Waals surface area contributed by atoms with E-state index in [0.717, 1.165) is 31.9 Å². The predicted octanol–water partition coefficient (Wildman–Crippen LogP) is 3.41. The van der Waals surface area contributed by atoms with Crippen molar-refractivity contribution in [1.29, 1.82) is 0 Å². The lowest BCUT2D eigenvalue weighted by atomic mass is 9.95. The molecule has 118 valence electrons. The second-order valence-electron chi connectivity index (χ2n) is 5.22. The van der Waals surface area contributed by atoms with Gasteiger partial charge in [0.25, 0.3) is 0 Å². The molecular weight excluding hydrogens is 283 g/mol. The van der Waals surface area contributed by atoms with Crippen molar-refractivity contribution in [3.05, 3.63) is 23.3 Å². The van der Waals surface area contributed by atoms with Crippen LogP contribution in [0.1, 0.15) is 30.4 Å². The van der Waals surface area contributed by atoms with Crippen molar-refractivity contribution < 1.29 is 22.6 Å². The van der Waals surface area contributed by atoms with Gasteiger partial charge in [0.1, 0.15) is 17.1 Å². The van der Waals surface area contributed by atoms with Gasteiger partial charge >= 0.3 is 6.18 Å². The molecule has 0 saturated carbocycles. The summed E-state index contributed by atoms with van der Waals surface area (Å²) in [7, 11) is 2.64. The topological polar surface area (TPSA) is 30.5 Å². The van der Waals surface area contributed by atoms with Crippen molar-refractivity contribution in [3.63, 3.8) is 0 Å². The minimum atomic E-state index is -4.46. The highest BCUT2D eigenvalue weighted by Crippen LogP contribution is 2.41. The van der Waals surface area contributed by atoms with Gasteiger partial charge in [-0.15, -0.1) is 0 Å². The molecule has 1 fully saturated rings. The predicted molar refractivity (Wildman–Crippen MR) is 73.9 cm³/mol. The summed E-state index contributed by atoms with van der Waals surface area (Å²) >= 11 is 0. The second kappa shape index (κ2) is 6.56. The van der Waals surface area contributed by atoms with Gasteiger partial charge in [-0.1, -0.05) is 6.42 Å². The molecule has 1 aliphatic rings. The lowest BCUT2D eigenvalue weighted by Gasteiger charge is -2.25. The molecule has 2 rings (SSSR count). The number of halogens is 3. The van der Waals surface area contributed by atoms with Crippen LogP contribution in [0.3, 0.4) is 0 Å². The summed E-state index contributed by atoms with van der Waals surface area (Å²) in [5.41, 5.74) is -0.251. The highest BCUT2D eigenvalue weighted by atomic mass is 19.4. The Balaban J connectivity index is 2.37. The van der Waals surface area contributed by atoms with Crippen LogP contribution in [0, 0.1) is 0 Å². The minimum absolute atomic E-state index is 0.101. The maximum absolute atomic E-state index is 13.2. The summed E-state index contributed by atoms with van der Waals surface area (Å²) in [5.74, 6) is 0.101. The summed E-state index contributed by atoms with van der Waals surface area (Å²) in [6.45, 7) is 0.906. The van der Waals surface area contributed by atoms with E-state index in [4.69, 9.17) is 9.47 Å². The van der Waals surface area contributed by atoms with Crippen LogP contribution >= 0.6 is 0 Å². The Morgan fingerprint density at radius 1 is 1.19 bits per heavy atom. The first-order chi connectivity index (χ1) is 9.95. The van der Waals surface area contributed by atoms with Gasteiger partial charge in [0.05, 0.1) is 14.2 Å². The summed E-state index contributed by atoms with van der Waals surface area (Å²) in [5, 5.41) is 3.34. The van der Waals surface area contributed by atoms with Crippen molar-refractivity contribution in [1.82, 2.24) is 5.32 Å². The van der Waals surface area contributed by atoms with Crippen LogP contribution in [0.15, 0.2) is 12.1 Å². The molecule has 1 unspecified atom stereocenters. The van der Waals surface area contributed by atoms with Crippen LogP contribution < -0.4 is 14.8 Å². The number of methoxy groups -OCH3 is 2. The van der Waals surface area contributed by atoms with Gasteiger partial charge in [-0.3, -0.25) is 0 Å². The van der Waals surface area contributed by atoms with Crippen molar-refractivity contribution in [2.75, 3.05) is 20.8 Å². The molecule has 0 aromatic heterocycles. The van der Waals surface area contributed by atoms with Gasteiger partial charge < -0.3 is 14.8 Å². The fourth-order valence-corrected chi connectivity index (χ4v) is 2.74. The Labute approximate surface area is 122 Å². The lowest BCUT2D eigenvalue weighted by Crippen LogP contribution is -2.35. The van der Waals surface area contributed by atoms with E-state index in [9.17, 15) is 13.2 Å². The average molecular weight is 303 g/mol. The van der Waals surface area contributed by atoms with Crippen molar-refractivity contribution in [3.8, 4) is 11.5 Å². The fourth-order valence-electron chi connectivity index (χ4n) is 2.74. The van der Waals surface area contributed by atoms with Crippen LogP contribution in [0.4, 0.5) is 13.2 Å². The molecule has 1 atom stereocenters. The number of alkyl halides is 3. The summed E-state index contributed by atoms with van der Waals surface area (Å²) in [6, 6.07) is 2.79. The second-order valence-corrected chi connectivity index (χ2v) is 5.22. The van der Waals surface area contributed by atoms with Gasteiger partial charge in [0.2, 0.25) is 0 Å². The molecule has 1 aromatic rings. The molecule has 0 amide bonds. The van der Waals surface area contributed by atoms with E-state index in [2.05, 4.69) is 5.32 Å². The molecule has 21 heavy (non-hydrogen) atoms. The monoisotopic (exact) mass is 303 g/mol. The number of hydrogen-bond acceptors (Lipinski definition) is 3. The first-order valence-electron chi connectivity index (χ1n) is 7.01. The highest BCUT2D eigenvalue weighted by Gasteiger charge is 2.36. The van der Waals surface area contributed by atoms with Gasteiger partial charge in [-0.2, -0.15) is 13.2 Å². The molecule has 1 saturated heterocycles. The zero-order valence-corrected chi connectivity index (χ0v) is 12.2. The molecule has 1 N–H and O–H groups in total. The molecular formula is C15H20F3NO2. The largest absolute Gasteiger partial charge is 0.497 e. The first kappa shape index (κ1) is 15.9. The van der Waals surface area contributed by atoms with E-state index in [1.165, 1.54) is 14.2 Å². The number of benzene rings is 1.